The molecule has 0 amide bonds. The number of benzene rings is 1. The summed E-state index contributed by atoms with van der Waals surface area (Å²) in [5.41, 5.74) is 0.670. The molecule has 144 valence electrons. The summed E-state index contributed by atoms with van der Waals surface area (Å²) in [4.78, 5) is 24.7. The van der Waals surface area contributed by atoms with Crippen molar-refractivity contribution >= 4 is 11.8 Å². The molecule has 1 saturated heterocycles. The summed E-state index contributed by atoms with van der Waals surface area (Å²) in [6.45, 7) is 6.43. The van der Waals surface area contributed by atoms with E-state index in [1.165, 1.54) is 4.90 Å². The fourth-order valence-corrected chi connectivity index (χ4v) is 3.32. The van der Waals surface area contributed by atoms with Crippen LogP contribution in [0, 0.1) is 5.92 Å². The van der Waals surface area contributed by atoms with E-state index in [1.54, 1.807) is 24.3 Å². The van der Waals surface area contributed by atoms with Gasteiger partial charge in [-0.2, -0.15) is 0 Å². The third kappa shape index (κ3) is 6.11. The molecule has 1 aliphatic rings. The number of hydrogen-bond donors (Lipinski definition) is 2. The molecule has 1 aliphatic heterocycles. The lowest BCUT2D eigenvalue weighted by molar-refractivity contribution is -0.910. The quantitative estimate of drug-likeness (QED) is 0.502. The van der Waals surface area contributed by atoms with Crippen LogP contribution in [0.25, 0.3) is 0 Å². The lowest BCUT2D eigenvalue weighted by Gasteiger charge is -2.30. The predicted molar refractivity (Wildman–Crippen MR) is 97.5 cm³/mol. The number of aliphatic hydroxyl groups excluding tert-OH is 1. The molecule has 1 aromatic rings. The highest BCUT2D eigenvalue weighted by molar-refractivity contribution is 5.95. The number of nitrogens with one attached hydrogen (secondary N) is 1. The average molecular weight is 364 g/mol. The van der Waals surface area contributed by atoms with Gasteiger partial charge in [0.15, 0.2) is 5.78 Å². The molecule has 0 aliphatic carbocycles. The second-order valence-corrected chi connectivity index (χ2v) is 6.77. The molecule has 1 unspecified atom stereocenters. The first-order valence-corrected chi connectivity index (χ1v) is 9.47. The number of piperidine rings is 1. The smallest absolute Gasteiger partial charge is 0.314 e. The Kier molecular flexibility index (Phi) is 8.06. The minimum atomic E-state index is -0.608. The zero-order valence-corrected chi connectivity index (χ0v) is 15.7. The molecule has 6 nitrogen and oxygen atoms in total. The molecule has 2 N–H and O–H groups in total. The molecule has 1 aromatic carbocycles. The second kappa shape index (κ2) is 10.3. The van der Waals surface area contributed by atoms with Gasteiger partial charge in [-0.25, -0.2) is 0 Å². The number of hydrogen-bond acceptors (Lipinski definition) is 5. The van der Waals surface area contributed by atoms with Crippen LogP contribution in [0.1, 0.15) is 43.5 Å². The topological polar surface area (TPSA) is 77.3 Å². The largest absolute Gasteiger partial charge is 0.491 e. The van der Waals surface area contributed by atoms with Gasteiger partial charge in [0.1, 0.15) is 30.9 Å². The zero-order valence-electron chi connectivity index (χ0n) is 15.7. The van der Waals surface area contributed by atoms with Crippen molar-refractivity contribution in [1.29, 1.82) is 0 Å². The Morgan fingerprint density at radius 1 is 1.27 bits per heavy atom. The molecule has 1 heterocycles. The Morgan fingerprint density at radius 3 is 2.65 bits per heavy atom. The van der Waals surface area contributed by atoms with Gasteiger partial charge in [-0.15, -0.1) is 0 Å². The Balaban J connectivity index is 1.76. The van der Waals surface area contributed by atoms with Crippen molar-refractivity contribution in [1.82, 2.24) is 0 Å². The van der Waals surface area contributed by atoms with E-state index >= 15 is 0 Å². The Morgan fingerprint density at radius 2 is 2.00 bits per heavy atom. The maximum Gasteiger partial charge on any atom is 0.314 e. The van der Waals surface area contributed by atoms with Crippen LogP contribution < -0.4 is 9.64 Å². The van der Waals surface area contributed by atoms with E-state index in [1.807, 2.05) is 13.8 Å². The van der Waals surface area contributed by atoms with Crippen LogP contribution in [0.15, 0.2) is 24.3 Å². The van der Waals surface area contributed by atoms with Crippen LogP contribution in [-0.2, 0) is 9.53 Å². The summed E-state index contributed by atoms with van der Waals surface area (Å²) in [5, 5.41) is 10.3. The highest BCUT2D eigenvalue weighted by Crippen LogP contribution is 2.14. The van der Waals surface area contributed by atoms with Crippen LogP contribution in [0.3, 0.4) is 0 Å². The first-order chi connectivity index (χ1) is 12.5. The van der Waals surface area contributed by atoms with E-state index in [0.29, 0.717) is 37.4 Å². The van der Waals surface area contributed by atoms with Crippen molar-refractivity contribution in [3.8, 4) is 5.75 Å². The van der Waals surface area contributed by atoms with Crippen LogP contribution in [0.4, 0.5) is 0 Å². The van der Waals surface area contributed by atoms with E-state index in [-0.39, 0.29) is 24.3 Å². The minimum Gasteiger partial charge on any atom is -0.491 e. The molecule has 3 atom stereocenters. The molecule has 26 heavy (non-hydrogen) atoms. The summed E-state index contributed by atoms with van der Waals surface area (Å²) < 4.78 is 10.7. The van der Waals surface area contributed by atoms with Crippen molar-refractivity contribution in [2.75, 3.05) is 32.8 Å². The minimum absolute atomic E-state index is 0.0736. The highest BCUT2D eigenvalue weighted by Gasteiger charge is 2.30. The van der Waals surface area contributed by atoms with Crippen molar-refractivity contribution < 1.29 is 29.1 Å². The van der Waals surface area contributed by atoms with Crippen molar-refractivity contribution in [2.45, 2.75) is 39.2 Å². The molecule has 0 spiro atoms. The molecule has 6 heteroatoms. The van der Waals surface area contributed by atoms with Crippen molar-refractivity contribution in [2.24, 2.45) is 5.92 Å². The second-order valence-electron chi connectivity index (χ2n) is 6.77. The van der Waals surface area contributed by atoms with Crippen molar-refractivity contribution in [3.63, 3.8) is 0 Å². The van der Waals surface area contributed by atoms with Crippen LogP contribution in [-0.4, -0.2) is 55.8 Å². The van der Waals surface area contributed by atoms with Gasteiger partial charge in [0.2, 0.25) is 0 Å². The average Bonchev–Trinajstić information content (AvgIpc) is 2.66. The maximum atomic E-state index is 11.9. The number of quaternary nitrogens is 1. The fraction of sp³-hybridized carbons (Fsp3) is 0.600. The van der Waals surface area contributed by atoms with Gasteiger partial charge in [-0.3, -0.25) is 9.59 Å². The van der Waals surface area contributed by atoms with E-state index < -0.39 is 6.10 Å². The van der Waals surface area contributed by atoms with Gasteiger partial charge < -0.3 is 19.5 Å². The zero-order chi connectivity index (χ0) is 18.9. The standard InChI is InChI=1S/C20H29NO5/c1-3-19(23)15-7-9-18(10-8-15)26-14-17(22)13-21-11-5-6-16(12-21)20(24)25-4-2/h7-10,16-17,22H,3-6,11-14H2,1-2H3/p+1/t16-,17-/m0/s1. The van der Waals surface area contributed by atoms with Crippen LogP contribution in [0.2, 0.25) is 0 Å². The summed E-state index contributed by atoms with van der Waals surface area (Å²) in [7, 11) is 0. The molecule has 0 bridgehead atoms. The molecule has 1 fully saturated rings. The van der Waals surface area contributed by atoms with Crippen LogP contribution in [0.5, 0.6) is 5.75 Å². The number of carbonyl (C=O) groups is 2. The number of aliphatic hydroxyl groups is 1. The number of Topliss-reactive ketones (excluding diaryl/α,β-unsaturated/α-hetero) is 1. The predicted octanol–water partition coefficient (Wildman–Crippen LogP) is 0.877. The van der Waals surface area contributed by atoms with Gasteiger partial charge in [-0.1, -0.05) is 6.92 Å². The van der Waals surface area contributed by atoms with E-state index in [0.717, 1.165) is 19.4 Å². The first kappa shape index (κ1) is 20.4. The third-order valence-electron chi connectivity index (χ3n) is 4.70. The number of ketones is 1. The molecule has 2 rings (SSSR count). The molecule has 0 saturated carbocycles. The monoisotopic (exact) mass is 364 g/mol. The van der Waals surface area contributed by atoms with E-state index in [9.17, 15) is 14.7 Å². The van der Waals surface area contributed by atoms with Crippen molar-refractivity contribution in [3.05, 3.63) is 29.8 Å². The lowest BCUT2D eigenvalue weighted by Crippen LogP contribution is -3.15. The number of ether oxygens (including phenoxy) is 2. The molecule has 0 aromatic heterocycles. The number of likely N-dealkylation sites (tertiary alicyclic amines) is 1. The summed E-state index contributed by atoms with van der Waals surface area (Å²) in [5.74, 6) is 0.531. The fourth-order valence-electron chi connectivity index (χ4n) is 3.32. The molecular weight excluding hydrogens is 334 g/mol. The highest BCUT2D eigenvalue weighted by atomic mass is 16.5. The Hall–Kier alpha value is -1.92. The number of carbonyl (C=O) groups excluding carboxylic acids is 2. The number of rotatable bonds is 9. The summed E-state index contributed by atoms with van der Waals surface area (Å²) in [6.07, 6.45) is 1.68. The molecule has 0 radical (unpaired) electrons. The van der Waals surface area contributed by atoms with Gasteiger partial charge in [-0.05, 0) is 44.0 Å². The van der Waals surface area contributed by atoms with E-state index in [4.69, 9.17) is 9.47 Å². The number of esters is 1. The first-order valence-electron chi connectivity index (χ1n) is 9.47. The van der Waals surface area contributed by atoms with Crippen LogP contribution >= 0.6 is 0 Å². The van der Waals surface area contributed by atoms with Gasteiger partial charge >= 0.3 is 5.97 Å². The SMILES string of the molecule is CCOC(=O)[C@H]1CCC[NH+](C[C@H](O)COc2ccc(C(=O)CC)cc2)C1. The van der Waals surface area contributed by atoms with E-state index in [2.05, 4.69) is 0 Å². The normalized spacial score (nSPS) is 21.0. The summed E-state index contributed by atoms with van der Waals surface area (Å²) in [6, 6.07) is 6.99. The Labute approximate surface area is 155 Å². The third-order valence-corrected chi connectivity index (χ3v) is 4.70. The lowest BCUT2D eigenvalue weighted by atomic mass is 9.98. The Bertz CT molecular complexity index is 586. The van der Waals surface area contributed by atoms with Gasteiger partial charge in [0, 0.05) is 12.0 Å². The van der Waals surface area contributed by atoms with Gasteiger partial charge in [0.05, 0.1) is 19.7 Å². The maximum absolute atomic E-state index is 11.9. The summed E-state index contributed by atoms with van der Waals surface area (Å²) >= 11 is 0. The molecular formula is C20H30NO5+. The van der Waals surface area contributed by atoms with Gasteiger partial charge in [0.25, 0.3) is 0 Å².